The van der Waals surface area contributed by atoms with Crippen LogP contribution in [0.5, 0.6) is 5.75 Å². The van der Waals surface area contributed by atoms with Crippen LogP contribution in [-0.2, 0) is 10.5 Å². The molecule has 0 spiro atoms. The molecule has 0 aliphatic carbocycles. The molecule has 0 aliphatic heterocycles. The van der Waals surface area contributed by atoms with Gasteiger partial charge in [0.2, 0.25) is 5.13 Å². The Morgan fingerprint density at radius 1 is 1.13 bits per heavy atom. The standard InChI is InChI=1S/C18H14ClN7O2S2/c19-13-3-1-12(2-4-13)10-29-18-23-22-17(30-18)21-16(27)9-28-15-7-5-14(6-8-15)26-11-20-24-25-26/h1-8,11H,9-10H2,(H,21,22,27). The summed E-state index contributed by atoms with van der Waals surface area (Å²) in [4.78, 5) is 12.1. The Hall–Kier alpha value is -3.02. The topological polar surface area (TPSA) is 108 Å². The SMILES string of the molecule is O=C(COc1ccc(-n2cnnn2)cc1)Nc1nnc(SCc2ccc(Cl)cc2)s1. The maximum Gasteiger partial charge on any atom is 0.264 e. The van der Waals surface area contributed by atoms with Crippen LogP contribution in [0.3, 0.4) is 0 Å². The van der Waals surface area contributed by atoms with Gasteiger partial charge in [0.15, 0.2) is 10.9 Å². The van der Waals surface area contributed by atoms with E-state index in [0.717, 1.165) is 21.3 Å². The van der Waals surface area contributed by atoms with Gasteiger partial charge in [-0.25, -0.2) is 4.68 Å². The average molecular weight is 460 g/mol. The molecular weight excluding hydrogens is 446 g/mol. The van der Waals surface area contributed by atoms with Crippen molar-refractivity contribution in [2.45, 2.75) is 10.1 Å². The normalized spacial score (nSPS) is 10.7. The summed E-state index contributed by atoms with van der Waals surface area (Å²) in [5.74, 6) is 0.979. The largest absolute Gasteiger partial charge is 0.484 e. The van der Waals surface area contributed by atoms with Crippen LogP contribution in [0.4, 0.5) is 5.13 Å². The van der Waals surface area contributed by atoms with Crippen LogP contribution in [0.15, 0.2) is 59.2 Å². The molecule has 0 radical (unpaired) electrons. The minimum atomic E-state index is -0.315. The molecule has 0 bridgehead atoms. The fraction of sp³-hybridized carbons (Fsp3) is 0.111. The zero-order valence-electron chi connectivity index (χ0n) is 15.3. The number of tetrazole rings is 1. The molecule has 2 aromatic heterocycles. The van der Waals surface area contributed by atoms with Gasteiger partial charge in [-0.05, 0) is 52.4 Å². The number of aromatic nitrogens is 6. The molecule has 2 heterocycles. The number of anilines is 1. The third-order valence-corrected chi connectivity index (χ3v) is 6.04. The highest BCUT2D eigenvalue weighted by atomic mass is 35.5. The third kappa shape index (κ3) is 5.53. The van der Waals surface area contributed by atoms with E-state index in [4.69, 9.17) is 16.3 Å². The van der Waals surface area contributed by atoms with Gasteiger partial charge < -0.3 is 4.74 Å². The minimum Gasteiger partial charge on any atom is -0.484 e. The summed E-state index contributed by atoms with van der Waals surface area (Å²) in [6.07, 6.45) is 1.49. The average Bonchev–Trinajstić information content (AvgIpc) is 3.45. The van der Waals surface area contributed by atoms with Crippen molar-refractivity contribution in [3.63, 3.8) is 0 Å². The van der Waals surface area contributed by atoms with Gasteiger partial charge in [0.25, 0.3) is 5.91 Å². The second kappa shape index (κ2) is 9.65. The van der Waals surface area contributed by atoms with Crippen LogP contribution in [0.2, 0.25) is 5.02 Å². The number of thioether (sulfide) groups is 1. The highest BCUT2D eigenvalue weighted by Gasteiger charge is 2.10. The summed E-state index contributed by atoms with van der Waals surface area (Å²) < 4.78 is 7.79. The molecular formula is C18H14ClN7O2S2. The first-order valence-electron chi connectivity index (χ1n) is 8.62. The van der Waals surface area contributed by atoms with Gasteiger partial charge in [0.1, 0.15) is 12.1 Å². The van der Waals surface area contributed by atoms with E-state index in [1.165, 1.54) is 22.3 Å². The quantitative estimate of drug-likeness (QED) is 0.315. The first kappa shape index (κ1) is 20.3. The molecule has 9 nitrogen and oxygen atoms in total. The maximum absolute atomic E-state index is 12.1. The molecule has 4 rings (SSSR count). The lowest BCUT2D eigenvalue weighted by Gasteiger charge is -2.06. The van der Waals surface area contributed by atoms with Crippen molar-refractivity contribution in [1.29, 1.82) is 0 Å². The molecule has 1 N–H and O–H groups in total. The molecule has 1 amide bonds. The van der Waals surface area contributed by atoms with Gasteiger partial charge >= 0.3 is 0 Å². The van der Waals surface area contributed by atoms with E-state index in [-0.39, 0.29) is 12.5 Å². The lowest BCUT2D eigenvalue weighted by atomic mass is 10.2. The number of nitrogens with zero attached hydrogens (tertiary/aromatic N) is 6. The first-order valence-corrected chi connectivity index (χ1v) is 10.8. The number of halogens is 1. The van der Waals surface area contributed by atoms with Gasteiger partial charge in [-0.2, -0.15) is 0 Å². The van der Waals surface area contributed by atoms with Crippen molar-refractivity contribution in [3.8, 4) is 11.4 Å². The Bertz CT molecular complexity index is 1100. The van der Waals surface area contributed by atoms with Crippen molar-refractivity contribution in [3.05, 3.63) is 65.4 Å². The van der Waals surface area contributed by atoms with Crippen LogP contribution in [-0.4, -0.2) is 42.9 Å². The predicted molar refractivity (Wildman–Crippen MR) is 114 cm³/mol. The molecule has 0 fully saturated rings. The lowest BCUT2D eigenvalue weighted by molar-refractivity contribution is -0.118. The molecule has 12 heteroatoms. The number of ether oxygens (including phenoxy) is 1. The Morgan fingerprint density at radius 2 is 1.93 bits per heavy atom. The Labute approximate surface area is 184 Å². The van der Waals surface area contributed by atoms with Gasteiger partial charge in [-0.15, -0.1) is 15.3 Å². The van der Waals surface area contributed by atoms with Gasteiger partial charge in [0.05, 0.1) is 5.69 Å². The van der Waals surface area contributed by atoms with Crippen LogP contribution >= 0.6 is 34.7 Å². The van der Waals surface area contributed by atoms with Crippen LogP contribution in [0.1, 0.15) is 5.56 Å². The minimum absolute atomic E-state index is 0.142. The fourth-order valence-corrected chi connectivity index (χ4v) is 4.17. The first-order chi connectivity index (χ1) is 14.7. The van der Waals surface area contributed by atoms with Crippen molar-refractivity contribution in [2.75, 3.05) is 11.9 Å². The van der Waals surface area contributed by atoms with Gasteiger partial charge in [-0.1, -0.05) is 46.8 Å². The van der Waals surface area contributed by atoms with Crippen LogP contribution in [0, 0.1) is 0 Å². The van der Waals surface area contributed by atoms with Crippen molar-refractivity contribution in [1.82, 2.24) is 30.4 Å². The number of nitrogens with one attached hydrogen (secondary N) is 1. The van der Waals surface area contributed by atoms with Crippen molar-refractivity contribution >= 4 is 45.7 Å². The molecule has 30 heavy (non-hydrogen) atoms. The number of hydrogen-bond acceptors (Lipinski definition) is 9. The maximum atomic E-state index is 12.1. The van der Waals surface area contributed by atoms with E-state index < -0.39 is 0 Å². The van der Waals surface area contributed by atoms with Crippen LogP contribution < -0.4 is 10.1 Å². The highest BCUT2D eigenvalue weighted by Crippen LogP contribution is 2.28. The molecule has 4 aromatic rings. The van der Waals surface area contributed by atoms with E-state index in [1.807, 2.05) is 24.3 Å². The fourth-order valence-electron chi connectivity index (χ4n) is 2.32. The number of carbonyl (C=O) groups excluding carboxylic acids is 1. The number of carbonyl (C=O) groups is 1. The summed E-state index contributed by atoms with van der Waals surface area (Å²) >= 11 is 8.74. The van der Waals surface area contributed by atoms with E-state index in [2.05, 4.69) is 31.0 Å². The predicted octanol–water partition coefficient (Wildman–Crippen LogP) is 3.48. The van der Waals surface area contributed by atoms with Gasteiger partial charge in [0, 0.05) is 10.8 Å². The summed E-state index contributed by atoms with van der Waals surface area (Å²) in [7, 11) is 0. The lowest BCUT2D eigenvalue weighted by Crippen LogP contribution is -2.20. The molecule has 152 valence electrons. The summed E-state index contributed by atoms with van der Waals surface area (Å²) in [6, 6.07) is 14.7. The number of hydrogen-bond donors (Lipinski definition) is 1. The molecule has 0 aliphatic rings. The number of rotatable bonds is 8. The van der Waals surface area contributed by atoms with Gasteiger partial charge in [-0.3, -0.25) is 10.1 Å². The molecule has 0 unspecified atom stereocenters. The monoisotopic (exact) mass is 459 g/mol. The Kier molecular flexibility index (Phi) is 6.52. The Balaban J connectivity index is 1.24. The Morgan fingerprint density at radius 3 is 2.67 bits per heavy atom. The van der Waals surface area contributed by atoms with E-state index in [0.29, 0.717) is 15.9 Å². The summed E-state index contributed by atoms with van der Waals surface area (Å²) in [6.45, 7) is -0.142. The third-order valence-electron chi connectivity index (χ3n) is 3.75. The molecule has 2 aromatic carbocycles. The second-order valence-corrected chi connectivity index (χ2v) is 8.51. The van der Waals surface area contributed by atoms with E-state index >= 15 is 0 Å². The smallest absolute Gasteiger partial charge is 0.264 e. The highest BCUT2D eigenvalue weighted by molar-refractivity contribution is 8.00. The zero-order valence-corrected chi connectivity index (χ0v) is 17.7. The molecule has 0 saturated carbocycles. The van der Waals surface area contributed by atoms with Crippen molar-refractivity contribution < 1.29 is 9.53 Å². The second-order valence-electron chi connectivity index (χ2n) is 5.87. The van der Waals surface area contributed by atoms with E-state index in [9.17, 15) is 4.79 Å². The molecule has 0 atom stereocenters. The molecule has 0 saturated heterocycles. The van der Waals surface area contributed by atoms with E-state index in [1.54, 1.807) is 36.0 Å². The zero-order chi connectivity index (χ0) is 20.8. The van der Waals surface area contributed by atoms with Crippen LogP contribution in [0.25, 0.3) is 5.69 Å². The van der Waals surface area contributed by atoms with Crippen molar-refractivity contribution in [2.24, 2.45) is 0 Å². The summed E-state index contributed by atoms with van der Waals surface area (Å²) in [5, 5.41) is 22.9. The number of amides is 1. The summed E-state index contributed by atoms with van der Waals surface area (Å²) in [5.41, 5.74) is 1.92. The number of benzene rings is 2.